The topological polar surface area (TPSA) is 73.7 Å². The average Bonchev–Trinajstić information content (AvgIpc) is 3.57. The molecule has 1 aliphatic heterocycles. The Balaban J connectivity index is 1.31. The lowest BCUT2D eigenvalue weighted by atomic mass is 10.2. The van der Waals surface area contributed by atoms with Gasteiger partial charge in [0, 0.05) is 62.6 Å². The lowest BCUT2D eigenvalue weighted by Gasteiger charge is -2.35. The van der Waals surface area contributed by atoms with E-state index in [1.165, 1.54) is 5.56 Å². The lowest BCUT2D eigenvalue weighted by molar-refractivity contribution is -0.119. The average molecular weight is 571 g/mol. The Morgan fingerprint density at radius 1 is 1.00 bits per heavy atom. The number of benzene rings is 2. The fraction of sp³-hybridized carbons (Fsp3) is 0.344. The third-order valence-corrected chi connectivity index (χ3v) is 8.27. The predicted molar refractivity (Wildman–Crippen MR) is 167 cm³/mol. The molecule has 1 fully saturated rings. The van der Waals surface area contributed by atoms with E-state index in [9.17, 15) is 9.59 Å². The van der Waals surface area contributed by atoms with E-state index in [0.29, 0.717) is 44.8 Å². The van der Waals surface area contributed by atoms with Crippen molar-refractivity contribution in [3.05, 3.63) is 88.9 Å². The van der Waals surface area contributed by atoms with E-state index in [0.717, 1.165) is 27.9 Å². The van der Waals surface area contributed by atoms with E-state index < -0.39 is 0 Å². The lowest BCUT2D eigenvalue weighted by Crippen LogP contribution is -2.51. The number of likely N-dealkylation sites (N-methyl/N-ethyl adjacent to an activating group) is 1. The van der Waals surface area contributed by atoms with Crippen molar-refractivity contribution in [1.29, 1.82) is 0 Å². The Kier molecular flexibility index (Phi) is 8.85. The van der Waals surface area contributed by atoms with E-state index >= 15 is 0 Å². The van der Waals surface area contributed by atoms with Crippen molar-refractivity contribution in [3.8, 4) is 11.4 Å². The normalized spacial score (nSPS) is 13.9. The Morgan fingerprint density at radius 3 is 2.32 bits per heavy atom. The Morgan fingerprint density at radius 2 is 1.66 bits per heavy atom. The summed E-state index contributed by atoms with van der Waals surface area (Å²) in [5.74, 6) is 0.0720. The molecule has 3 heterocycles. The first-order valence-corrected chi connectivity index (χ1v) is 15.0. The number of thiazole rings is 1. The van der Waals surface area contributed by atoms with Crippen LogP contribution in [0.25, 0.3) is 11.4 Å². The highest BCUT2D eigenvalue weighted by Gasteiger charge is 2.28. The van der Waals surface area contributed by atoms with Gasteiger partial charge in [-0.25, -0.2) is 4.98 Å². The number of anilines is 2. The van der Waals surface area contributed by atoms with Crippen molar-refractivity contribution in [2.45, 2.75) is 33.4 Å². The van der Waals surface area contributed by atoms with Crippen molar-refractivity contribution in [3.63, 3.8) is 0 Å². The van der Waals surface area contributed by atoms with Gasteiger partial charge in [0.05, 0.1) is 23.5 Å². The van der Waals surface area contributed by atoms with Gasteiger partial charge in [-0.2, -0.15) is 0 Å². The fourth-order valence-electron chi connectivity index (χ4n) is 5.12. The number of rotatable bonds is 9. The Bertz CT molecular complexity index is 1470. The summed E-state index contributed by atoms with van der Waals surface area (Å²) in [6.45, 7) is 9.69. The number of para-hydroxylation sites is 1. The number of hydrogen-bond acceptors (Lipinski definition) is 6. The number of amides is 2. The van der Waals surface area contributed by atoms with Crippen LogP contribution >= 0.6 is 11.3 Å². The van der Waals surface area contributed by atoms with Crippen LogP contribution in [0.2, 0.25) is 0 Å². The standard InChI is InChI=1S/C32H38N6O2S/c1-23(2)33-32-34-28(22-41-32)29-19-27(24(3)38(29)20-25-11-7-5-8-12-25)31(40)37-17-15-36(16-18-37)21-30(39)35(4)26-13-9-6-10-14-26/h5-14,19,22-23H,15-18,20-21H2,1-4H3,(H,33,34). The zero-order valence-electron chi connectivity index (χ0n) is 24.2. The molecule has 8 nitrogen and oxygen atoms in total. The Labute approximate surface area is 246 Å². The first-order chi connectivity index (χ1) is 19.8. The van der Waals surface area contributed by atoms with Crippen LogP contribution in [0.5, 0.6) is 0 Å². The number of piperazine rings is 1. The van der Waals surface area contributed by atoms with Crippen LogP contribution in [-0.2, 0) is 11.3 Å². The molecule has 0 spiro atoms. The maximum absolute atomic E-state index is 13.8. The van der Waals surface area contributed by atoms with Crippen LogP contribution in [0.15, 0.2) is 72.1 Å². The summed E-state index contributed by atoms with van der Waals surface area (Å²) in [7, 11) is 1.81. The van der Waals surface area contributed by atoms with Gasteiger partial charge in [0.1, 0.15) is 0 Å². The van der Waals surface area contributed by atoms with Gasteiger partial charge in [0.15, 0.2) is 5.13 Å². The van der Waals surface area contributed by atoms with Gasteiger partial charge in [-0.3, -0.25) is 14.5 Å². The summed E-state index contributed by atoms with van der Waals surface area (Å²) in [6.07, 6.45) is 0. The maximum Gasteiger partial charge on any atom is 0.255 e. The van der Waals surface area contributed by atoms with Crippen molar-refractivity contribution in [1.82, 2.24) is 19.4 Å². The van der Waals surface area contributed by atoms with Crippen molar-refractivity contribution in [2.75, 3.05) is 50.0 Å². The molecule has 214 valence electrons. The van der Waals surface area contributed by atoms with Crippen LogP contribution in [-0.4, -0.2) is 77.0 Å². The van der Waals surface area contributed by atoms with Gasteiger partial charge >= 0.3 is 0 Å². The summed E-state index contributed by atoms with van der Waals surface area (Å²) >= 11 is 1.58. The van der Waals surface area contributed by atoms with E-state index in [1.807, 2.05) is 73.5 Å². The van der Waals surface area contributed by atoms with Crippen molar-refractivity contribution in [2.24, 2.45) is 0 Å². The summed E-state index contributed by atoms with van der Waals surface area (Å²) in [4.78, 5) is 37.3. The predicted octanol–water partition coefficient (Wildman–Crippen LogP) is 5.21. The van der Waals surface area contributed by atoms with Gasteiger partial charge in [0.2, 0.25) is 5.91 Å². The molecule has 0 radical (unpaired) electrons. The molecule has 0 aliphatic carbocycles. The van der Waals surface area contributed by atoms with E-state index in [4.69, 9.17) is 4.98 Å². The zero-order chi connectivity index (χ0) is 28.9. The van der Waals surface area contributed by atoms with Gasteiger partial charge < -0.3 is 19.7 Å². The van der Waals surface area contributed by atoms with Crippen LogP contribution in [0.1, 0.15) is 35.5 Å². The minimum atomic E-state index is 0.0266. The highest BCUT2D eigenvalue weighted by molar-refractivity contribution is 7.14. The smallest absolute Gasteiger partial charge is 0.255 e. The van der Waals surface area contributed by atoms with Crippen molar-refractivity contribution >= 4 is 34.0 Å². The van der Waals surface area contributed by atoms with Crippen LogP contribution in [0.3, 0.4) is 0 Å². The molecule has 1 aliphatic rings. The molecule has 9 heteroatoms. The second kappa shape index (κ2) is 12.7. The number of carbonyl (C=O) groups is 2. The zero-order valence-corrected chi connectivity index (χ0v) is 25.0. The molecule has 0 bridgehead atoms. The number of carbonyl (C=O) groups excluding carboxylic acids is 2. The molecule has 2 aromatic heterocycles. The maximum atomic E-state index is 13.8. The van der Waals surface area contributed by atoms with Crippen molar-refractivity contribution < 1.29 is 9.59 Å². The second-order valence-electron chi connectivity index (χ2n) is 10.8. The molecular weight excluding hydrogens is 532 g/mol. The van der Waals surface area contributed by atoms with E-state index in [2.05, 4.69) is 46.1 Å². The number of aromatic nitrogens is 2. The molecule has 1 saturated heterocycles. The first-order valence-electron chi connectivity index (χ1n) is 14.1. The molecule has 2 amide bonds. The summed E-state index contributed by atoms with van der Waals surface area (Å²) in [6, 6.07) is 22.3. The molecule has 41 heavy (non-hydrogen) atoms. The molecular formula is C32H38N6O2S. The molecule has 4 aromatic rings. The molecule has 0 atom stereocenters. The minimum absolute atomic E-state index is 0.0266. The number of hydrogen-bond donors (Lipinski definition) is 1. The van der Waals surface area contributed by atoms with Gasteiger partial charge in [-0.1, -0.05) is 48.5 Å². The SMILES string of the molecule is Cc1c(C(=O)N2CCN(CC(=O)N(C)c3ccccc3)CC2)cc(-c2csc(NC(C)C)n2)n1Cc1ccccc1. The number of nitrogens with zero attached hydrogens (tertiary/aromatic N) is 5. The van der Waals surface area contributed by atoms with Gasteiger partial charge in [-0.05, 0) is 44.5 Å². The molecule has 0 unspecified atom stereocenters. The molecule has 2 aromatic carbocycles. The Hall–Kier alpha value is -3.95. The van der Waals surface area contributed by atoms with Gasteiger partial charge in [-0.15, -0.1) is 11.3 Å². The van der Waals surface area contributed by atoms with E-state index in [1.54, 1.807) is 16.2 Å². The minimum Gasteiger partial charge on any atom is -0.359 e. The summed E-state index contributed by atoms with van der Waals surface area (Å²) < 4.78 is 2.20. The molecule has 1 N–H and O–H groups in total. The molecule has 5 rings (SSSR count). The largest absolute Gasteiger partial charge is 0.359 e. The third kappa shape index (κ3) is 6.69. The summed E-state index contributed by atoms with van der Waals surface area (Å²) in [5, 5.41) is 6.31. The van der Waals surface area contributed by atoms with Crippen LogP contribution < -0.4 is 10.2 Å². The first kappa shape index (κ1) is 28.6. The quantitative estimate of drug-likeness (QED) is 0.299. The van der Waals surface area contributed by atoms with Crippen LogP contribution in [0, 0.1) is 6.92 Å². The fourth-order valence-corrected chi connectivity index (χ4v) is 5.97. The second-order valence-corrected chi connectivity index (χ2v) is 11.7. The highest BCUT2D eigenvalue weighted by atomic mass is 32.1. The van der Waals surface area contributed by atoms with Crippen LogP contribution in [0.4, 0.5) is 10.8 Å². The van der Waals surface area contributed by atoms with E-state index in [-0.39, 0.29) is 17.9 Å². The molecule has 0 saturated carbocycles. The highest BCUT2D eigenvalue weighted by Crippen LogP contribution is 2.31. The number of nitrogens with one attached hydrogen (secondary N) is 1. The van der Waals surface area contributed by atoms with Gasteiger partial charge in [0.25, 0.3) is 5.91 Å². The monoisotopic (exact) mass is 570 g/mol. The summed E-state index contributed by atoms with van der Waals surface area (Å²) in [5.41, 5.74) is 5.49. The third-order valence-electron chi connectivity index (χ3n) is 7.50.